The second kappa shape index (κ2) is 5.30. The summed E-state index contributed by atoms with van der Waals surface area (Å²) >= 11 is 0. The van der Waals surface area contributed by atoms with Gasteiger partial charge in [-0.2, -0.15) is 0 Å². The molecule has 2 heterocycles. The van der Waals surface area contributed by atoms with Crippen molar-refractivity contribution in [1.82, 2.24) is 9.97 Å². The fourth-order valence-electron chi connectivity index (χ4n) is 1.60. The van der Waals surface area contributed by atoms with Crippen molar-refractivity contribution in [3.8, 4) is 0 Å². The molecule has 0 aliphatic carbocycles. The maximum atomic E-state index is 4.27. The molecule has 2 aromatic heterocycles. The summed E-state index contributed by atoms with van der Waals surface area (Å²) in [4.78, 5) is 10.5. The van der Waals surface area contributed by atoms with Crippen LogP contribution in [0.3, 0.4) is 0 Å². The Bertz CT molecular complexity index is 468. The van der Waals surface area contributed by atoms with E-state index in [2.05, 4.69) is 20.2 Å². The minimum absolute atomic E-state index is 0.702. The maximum Gasteiger partial charge on any atom is 0.0767 e. The van der Waals surface area contributed by atoms with Crippen LogP contribution in [0.5, 0.6) is 0 Å². The van der Waals surface area contributed by atoms with Crippen LogP contribution in [0.15, 0.2) is 42.9 Å². The van der Waals surface area contributed by atoms with Gasteiger partial charge in [0.1, 0.15) is 0 Å². The fourth-order valence-corrected chi connectivity index (χ4v) is 1.60. The lowest BCUT2D eigenvalue weighted by atomic mass is 10.3. The van der Waals surface area contributed by atoms with Crippen LogP contribution < -0.4 is 10.2 Å². The molecular weight excluding hydrogens is 212 g/mol. The van der Waals surface area contributed by atoms with Gasteiger partial charge in [-0.3, -0.25) is 9.97 Å². The molecule has 0 radical (unpaired) electrons. The highest BCUT2D eigenvalue weighted by Gasteiger charge is 2.03. The van der Waals surface area contributed by atoms with E-state index in [1.807, 2.05) is 44.6 Å². The highest BCUT2D eigenvalue weighted by Crippen LogP contribution is 2.22. The Morgan fingerprint density at radius 2 is 2.06 bits per heavy atom. The molecule has 2 aromatic rings. The zero-order valence-corrected chi connectivity index (χ0v) is 10.1. The van der Waals surface area contributed by atoms with Gasteiger partial charge in [0, 0.05) is 26.5 Å². The normalized spacial score (nSPS) is 10.0. The van der Waals surface area contributed by atoms with Gasteiger partial charge in [0.15, 0.2) is 0 Å². The summed E-state index contributed by atoms with van der Waals surface area (Å²) in [5.74, 6) is 0. The van der Waals surface area contributed by atoms with Crippen molar-refractivity contribution < 1.29 is 0 Å². The summed E-state index contributed by atoms with van der Waals surface area (Å²) < 4.78 is 0. The van der Waals surface area contributed by atoms with Crippen LogP contribution in [0.2, 0.25) is 0 Å². The highest BCUT2D eigenvalue weighted by molar-refractivity contribution is 5.67. The highest BCUT2D eigenvalue weighted by atomic mass is 15.1. The number of nitrogens with one attached hydrogen (secondary N) is 1. The number of pyridine rings is 2. The van der Waals surface area contributed by atoms with Crippen molar-refractivity contribution in [3.63, 3.8) is 0 Å². The van der Waals surface area contributed by atoms with E-state index in [0.717, 1.165) is 17.1 Å². The molecule has 0 saturated carbocycles. The third kappa shape index (κ3) is 2.93. The molecule has 0 aliphatic rings. The number of anilines is 2. The van der Waals surface area contributed by atoms with Crippen molar-refractivity contribution in [2.75, 3.05) is 24.3 Å². The minimum atomic E-state index is 0.702. The van der Waals surface area contributed by atoms with Gasteiger partial charge in [-0.15, -0.1) is 0 Å². The molecule has 88 valence electrons. The molecule has 4 nitrogen and oxygen atoms in total. The predicted octanol–water partition coefficient (Wildman–Crippen LogP) is 2.15. The predicted molar refractivity (Wildman–Crippen MR) is 70.1 cm³/mol. The first-order chi connectivity index (χ1) is 8.27. The van der Waals surface area contributed by atoms with Gasteiger partial charge in [0.25, 0.3) is 0 Å². The molecule has 0 fully saturated rings. The minimum Gasteiger partial charge on any atom is -0.376 e. The Balaban J connectivity index is 2.09. The van der Waals surface area contributed by atoms with E-state index in [4.69, 9.17) is 0 Å². The lowest BCUT2D eigenvalue weighted by Crippen LogP contribution is -2.12. The van der Waals surface area contributed by atoms with Crippen LogP contribution in [-0.2, 0) is 6.54 Å². The Kier molecular flexibility index (Phi) is 3.55. The van der Waals surface area contributed by atoms with Crippen LogP contribution in [-0.4, -0.2) is 24.1 Å². The van der Waals surface area contributed by atoms with Crippen molar-refractivity contribution in [2.45, 2.75) is 6.54 Å². The molecule has 0 bridgehead atoms. The maximum absolute atomic E-state index is 4.27. The number of nitrogens with zero attached hydrogens (tertiary/aromatic N) is 3. The van der Waals surface area contributed by atoms with Gasteiger partial charge in [0.05, 0.1) is 29.8 Å². The molecule has 0 aliphatic heterocycles. The molecule has 17 heavy (non-hydrogen) atoms. The summed E-state index contributed by atoms with van der Waals surface area (Å²) in [7, 11) is 4.03. The van der Waals surface area contributed by atoms with Crippen molar-refractivity contribution in [3.05, 3.63) is 48.5 Å². The zero-order valence-electron chi connectivity index (χ0n) is 10.1. The third-order valence-electron chi connectivity index (χ3n) is 2.47. The first-order valence-electron chi connectivity index (χ1n) is 5.52. The number of aromatic nitrogens is 2. The van der Waals surface area contributed by atoms with E-state index in [1.54, 1.807) is 12.4 Å². The standard InChI is InChI=1S/C13H16N4/c1-17(2)13-6-8-14-10-12(13)16-9-11-5-3-4-7-15-11/h3-8,10,16H,9H2,1-2H3. The van der Waals surface area contributed by atoms with Gasteiger partial charge >= 0.3 is 0 Å². The monoisotopic (exact) mass is 228 g/mol. The van der Waals surface area contributed by atoms with E-state index in [9.17, 15) is 0 Å². The van der Waals surface area contributed by atoms with Crippen LogP contribution in [0.25, 0.3) is 0 Å². The van der Waals surface area contributed by atoms with Crippen molar-refractivity contribution >= 4 is 11.4 Å². The molecule has 0 atom stereocenters. The van der Waals surface area contributed by atoms with E-state index < -0.39 is 0 Å². The Labute approximate surface area is 101 Å². The average Bonchev–Trinajstić information content (AvgIpc) is 2.38. The average molecular weight is 228 g/mol. The van der Waals surface area contributed by atoms with Gasteiger partial charge in [-0.25, -0.2) is 0 Å². The zero-order chi connectivity index (χ0) is 12.1. The molecule has 0 amide bonds. The number of hydrogen-bond donors (Lipinski definition) is 1. The molecule has 0 spiro atoms. The Morgan fingerprint density at radius 3 is 2.76 bits per heavy atom. The summed E-state index contributed by atoms with van der Waals surface area (Å²) in [5.41, 5.74) is 3.15. The quantitative estimate of drug-likeness (QED) is 0.870. The number of rotatable bonds is 4. The lowest BCUT2D eigenvalue weighted by Gasteiger charge is -2.17. The smallest absolute Gasteiger partial charge is 0.0767 e. The Hall–Kier alpha value is -2.10. The molecular formula is C13H16N4. The number of hydrogen-bond acceptors (Lipinski definition) is 4. The molecule has 0 aromatic carbocycles. The largest absolute Gasteiger partial charge is 0.376 e. The first-order valence-corrected chi connectivity index (χ1v) is 5.52. The van der Waals surface area contributed by atoms with Crippen molar-refractivity contribution in [2.24, 2.45) is 0 Å². The van der Waals surface area contributed by atoms with Crippen molar-refractivity contribution in [1.29, 1.82) is 0 Å². The van der Waals surface area contributed by atoms with E-state index in [0.29, 0.717) is 6.54 Å². The summed E-state index contributed by atoms with van der Waals surface area (Å²) in [6.45, 7) is 0.702. The van der Waals surface area contributed by atoms with Gasteiger partial charge in [-0.1, -0.05) is 6.07 Å². The SMILES string of the molecule is CN(C)c1ccncc1NCc1ccccn1. The molecule has 1 N–H and O–H groups in total. The van der Waals surface area contributed by atoms with Gasteiger partial charge < -0.3 is 10.2 Å². The topological polar surface area (TPSA) is 41.1 Å². The van der Waals surface area contributed by atoms with Crippen LogP contribution in [0.1, 0.15) is 5.69 Å². The van der Waals surface area contributed by atoms with E-state index in [-0.39, 0.29) is 0 Å². The summed E-state index contributed by atoms with van der Waals surface area (Å²) in [6.07, 6.45) is 5.42. The fraction of sp³-hybridized carbons (Fsp3) is 0.231. The second-order valence-corrected chi connectivity index (χ2v) is 3.96. The van der Waals surface area contributed by atoms with Crippen LogP contribution in [0, 0.1) is 0 Å². The summed E-state index contributed by atoms with van der Waals surface area (Å²) in [5, 5.41) is 3.34. The second-order valence-electron chi connectivity index (χ2n) is 3.96. The van der Waals surface area contributed by atoms with Gasteiger partial charge in [-0.05, 0) is 18.2 Å². The van der Waals surface area contributed by atoms with Gasteiger partial charge in [0.2, 0.25) is 0 Å². The van der Waals surface area contributed by atoms with Crippen LogP contribution >= 0.6 is 0 Å². The molecule has 0 unspecified atom stereocenters. The van der Waals surface area contributed by atoms with Crippen LogP contribution in [0.4, 0.5) is 11.4 Å². The first kappa shape index (κ1) is 11.4. The van der Waals surface area contributed by atoms with E-state index >= 15 is 0 Å². The summed E-state index contributed by atoms with van der Waals surface area (Å²) in [6, 6.07) is 7.89. The molecule has 4 heteroatoms. The van der Waals surface area contributed by atoms with E-state index in [1.165, 1.54) is 0 Å². The lowest BCUT2D eigenvalue weighted by molar-refractivity contribution is 1.03. The third-order valence-corrected chi connectivity index (χ3v) is 2.47. The molecule has 2 rings (SSSR count). The Morgan fingerprint density at radius 1 is 1.18 bits per heavy atom. The molecule has 0 saturated heterocycles.